The molecule has 2 aromatic heterocycles. The fraction of sp³-hybridized carbons (Fsp3) is 0.650. The van der Waals surface area contributed by atoms with Crippen LogP contribution in [0, 0.1) is 0 Å². The van der Waals surface area contributed by atoms with E-state index in [1.165, 1.54) is 35.1 Å². The molecule has 2 aliphatic rings. The van der Waals surface area contributed by atoms with E-state index in [0.717, 1.165) is 49.1 Å². The first-order valence-electron chi connectivity index (χ1n) is 9.93. The molecule has 1 amide bonds. The van der Waals surface area contributed by atoms with Crippen LogP contribution in [0.1, 0.15) is 62.2 Å². The molecule has 0 N–H and O–H groups in total. The summed E-state index contributed by atoms with van der Waals surface area (Å²) in [5, 5.41) is 1.30. The van der Waals surface area contributed by atoms with Crippen molar-refractivity contribution >= 4 is 33.3 Å². The third-order valence-electron chi connectivity index (χ3n) is 5.56. The number of nitrogens with zero attached hydrogens (tertiary/aromatic N) is 4. The van der Waals surface area contributed by atoms with Gasteiger partial charge in [0.15, 0.2) is 0 Å². The summed E-state index contributed by atoms with van der Waals surface area (Å²) in [5.74, 6) is 2.63. The Hall–Kier alpha value is -1.69. The first kappa shape index (κ1) is 17.7. The first-order chi connectivity index (χ1) is 12.6. The maximum absolute atomic E-state index is 12.0. The van der Waals surface area contributed by atoms with E-state index in [0.29, 0.717) is 12.3 Å². The highest BCUT2D eigenvalue weighted by atomic mass is 32.1. The second-order valence-electron chi connectivity index (χ2n) is 7.67. The normalized spacial score (nSPS) is 17.8. The highest BCUT2D eigenvalue weighted by Crippen LogP contribution is 2.40. The van der Waals surface area contributed by atoms with Crippen molar-refractivity contribution in [2.75, 3.05) is 31.1 Å². The zero-order chi connectivity index (χ0) is 18.3. The number of fused-ring (bicyclic) bond motifs is 3. The minimum Gasteiger partial charge on any atom is -0.352 e. The van der Waals surface area contributed by atoms with Gasteiger partial charge in [-0.05, 0) is 31.2 Å². The summed E-state index contributed by atoms with van der Waals surface area (Å²) < 4.78 is 0. The van der Waals surface area contributed by atoms with Crippen LogP contribution in [0.5, 0.6) is 0 Å². The van der Waals surface area contributed by atoms with Crippen molar-refractivity contribution in [3.05, 3.63) is 16.3 Å². The fourth-order valence-corrected chi connectivity index (χ4v) is 5.30. The molecule has 0 atom stereocenters. The van der Waals surface area contributed by atoms with Gasteiger partial charge in [-0.1, -0.05) is 20.8 Å². The van der Waals surface area contributed by atoms with Gasteiger partial charge in [0, 0.05) is 43.4 Å². The van der Waals surface area contributed by atoms with Crippen LogP contribution in [0.2, 0.25) is 0 Å². The largest absolute Gasteiger partial charge is 0.352 e. The minimum atomic E-state index is 0.258. The van der Waals surface area contributed by atoms with Crippen molar-refractivity contribution in [1.82, 2.24) is 14.9 Å². The molecule has 2 aromatic rings. The maximum atomic E-state index is 12.0. The molecule has 1 aliphatic carbocycles. The zero-order valence-corrected chi connectivity index (χ0v) is 16.9. The topological polar surface area (TPSA) is 49.3 Å². The Morgan fingerprint density at radius 2 is 1.85 bits per heavy atom. The number of aryl methyl sites for hydroxylation is 2. The van der Waals surface area contributed by atoms with E-state index >= 15 is 0 Å². The molecule has 0 unspecified atom stereocenters. The van der Waals surface area contributed by atoms with Crippen LogP contribution in [-0.2, 0) is 17.6 Å². The average Bonchev–Trinajstić information content (AvgIpc) is 3.05. The molecule has 0 spiro atoms. The van der Waals surface area contributed by atoms with Crippen molar-refractivity contribution in [3.8, 4) is 0 Å². The Kier molecular flexibility index (Phi) is 4.86. The second-order valence-corrected chi connectivity index (χ2v) is 8.76. The fourth-order valence-electron chi connectivity index (χ4n) is 4.03. The lowest BCUT2D eigenvalue weighted by atomic mass is 9.96. The number of thiophene rings is 1. The van der Waals surface area contributed by atoms with E-state index in [9.17, 15) is 4.79 Å². The van der Waals surface area contributed by atoms with Gasteiger partial charge in [0.2, 0.25) is 5.91 Å². The number of carbonyl (C=O) groups excluding carboxylic acids is 1. The van der Waals surface area contributed by atoms with Crippen LogP contribution >= 0.6 is 11.3 Å². The Labute approximate surface area is 159 Å². The Balaban J connectivity index is 1.73. The lowest BCUT2D eigenvalue weighted by Gasteiger charge is -2.36. The van der Waals surface area contributed by atoms with Crippen LogP contribution in [0.4, 0.5) is 5.82 Å². The summed E-state index contributed by atoms with van der Waals surface area (Å²) in [4.78, 5) is 29.0. The standard InChI is InChI=1S/C20H28N4OS/c1-4-16(25)23-9-11-24(12-10-23)19-17-14-7-5-6-8-15(14)26-20(17)22-18(21-19)13(2)3/h13H,4-12H2,1-3H3. The van der Waals surface area contributed by atoms with Gasteiger partial charge in [-0.15, -0.1) is 11.3 Å². The molecule has 5 nitrogen and oxygen atoms in total. The molecule has 0 radical (unpaired) electrons. The summed E-state index contributed by atoms with van der Waals surface area (Å²) in [5.41, 5.74) is 1.49. The Bertz CT molecular complexity index is 821. The quantitative estimate of drug-likeness (QED) is 0.823. The third-order valence-corrected chi connectivity index (χ3v) is 6.75. The lowest BCUT2D eigenvalue weighted by Crippen LogP contribution is -2.49. The number of carbonyl (C=O) groups is 1. The Morgan fingerprint density at radius 3 is 2.54 bits per heavy atom. The summed E-state index contributed by atoms with van der Waals surface area (Å²) in [6, 6.07) is 0. The molecule has 3 heterocycles. The van der Waals surface area contributed by atoms with E-state index in [4.69, 9.17) is 9.97 Å². The van der Waals surface area contributed by atoms with Gasteiger partial charge in [0.05, 0.1) is 5.39 Å². The predicted molar refractivity (Wildman–Crippen MR) is 107 cm³/mol. The van der Waals surface area contributed by atoms with E-state index in [2.05, 4.69) is 18.7 Å². The number of piperazine rings is 1. The molecule has 26 heavy (non-hydrogen) atoms. The number of rotatable bonds is 3. The number of hydrogen-bond donors (Lipinski definition) is 0. The van der Waals surface area contributed by atoms with Gasteiger partial charge in [-0.2, -0.15) is 0 Å². The molecular weight excluding hydrogens is 344 g/mol. The lowest BCUT2D eigenvalue weighted by molar-refractivity contribution is -0.131. The van der Waals surface area contributed by atoms with E-state index in [1.807, 2.05) is 23.2 Å². The highest BCUT2D eigenvalue weighted by molar-refractivity contribution is 7.19. The van der Waals surface area contributed by atoms with Crippen molar-refractivity contribution in [1.29, 1.82) is 0 Å². The maximum Gasteiger partial charge on any atom is 0.222 e. The monoisotopic (exact) mass is 372 g/mol. The predicted octanol–water partition coefficient (Wildman–Crippen LogP) is 3.75. The number of anilines is 1. The number of amides is 1. The molecule has 0 aromatic carbocycles. The molecule has 0 saturated carbocycles. The first-order valence-corrected chi connectivity index (χ1v) is 10.7. The SMILES string of the molecule is CCC(=O)N1CCN(c2nc(C(C)C)nc3sc4c(c23)CCCC4)CC1. The molecule has 0 bridgehead atoms. The molecular formula is C20H28N4OS. The molecule has 140 valence electrons. The number of aromatic nitrogens is 2. The van der Waals surface area contributed by atoms with Gasteiger partial charge in [-0.3, -0.25) is 4.79 Å². The summed E-state index contributed by atoms with van der Waals surface area (Å²) >= 11 is 1.88. The van der Waals surface area contributed by atoms with E-state index in [1.54, 1.807) is 0 Å². The molecule has 6 heteroatoms. The van der Waals surface area contributed by atoms with E-state index in [-0.39, 0.29) is 5.91 Å². The third kappa shape index (κ3) is 3.08. The zero-order valence-electron chi connectivity index (χ0n) is 16.0. The molecule has 4 rings (SSSR count). The van der Waals surface area contributed by atoms with E-state index < -0.39 is 0 Å². The smallest absolute Gasteiger partial charge is 0.222 e. The van der Waals surface area contributed by atoms with Gasteiger partial charge in [-0.25, -0.2) is 9.97 Å². The van der Waals surface area contributed by atoms with Crippen LogP contribution in [-0.4, -0.2) is 47.0 Å². The molecule has 1 saturated heterocycles. The molecule has 1 aliphatic heterocycles. The van der Waals surface area contributed by atoms with Crippen LogP contribution in [0.3, 0.4) is 0 Å². The van der Waals surface area contributed by atoms with Crippen LogP contribution < -0.4 is 4.90 Å². The van der Waals surface area contributed by atoms with Gasteiger partial charge < -0.3 is 9.80 Å². The van der Waals surface area contributed by atoms with Crippen LogP contribution in [0.15, 0.2) is 0 Å². The summed E-state index contributed by atoms with van der Waals surface area (Å²) in [7, 11) is 0. The van der Waals surface area contributed by atoms with Crippen molar-refractivity contribution in [2.45, 2.75) is 58.8 Å². The second kappa shape index (κ2) is 7.14. The van der Waals surface area contributed by atoms with Crippen molar-refractivity contribution in [3.63, 3.8) is 0 Å². The van der Waals surface area contributed by atoms with Crippen LogP contribution in [0.25, 0.3) is 10.2 Å². The minimum absolute atomic E-state index is 0.258. The summed E-state index contributed by atoms with van der Waals surface area (Å²) in [6.45, 7) is 9.57. The van der Waals surface area contributed by atoms with Gasteiger partial charge in [0.1, 0.15) is 16.5 Å². The van der Waals surface area contributed by atoms with Gasteiger partial charge in [0.25, 0.3) is 0 Å². The Morgan fingerprint density at radius 1 is 1.12 bits per heavy atom. The number of hydrogen-bond acceptors (Lipinski definition) is 5. The summed E-state index contributed by atoms with van der Waals surface area (Å²) in [6.07, 6.45) is 5.49. The average molecular weight is 373 g/mol. The highest BCUT2D eigenvalue weighted by Gasteiger charge is 2.27. The van der Waals surface area contributed by atoms with Crippen molar-refractivity contribution in [2.24, 2.45) is 0 Å². The van der Waals surface area contributed by atoms with Crippen molar-refractivity contribution < 1.29 is 4.79 Å². The van der Waals surface area contributed by atoms with Gasteiger partial charge >= 0.3 is 0 Å². The molecule has 1 fully saturated rings.